The minimum atomic E-state index is -0.324. The van der Waals surface area contributed by atoms with Crippen molar-refractivity contribution in [3.63, 3.8) is 0 Å². The van der Waals surface area contributed by atoms with Crippen LogP contribution < -0.4 is 5.73 Å². The molecule has 5 heteroatoms. The lowest BCUT2D eigenvalue weighted by Gasteiger charge is -2.40. The lowest BCUT2D eigenvalue weighted by molar-refractivity contribution is -0.137. The lowest BCUT2D eigenvalue weighted by Crippen LogP contribution is -2.52. The van der Waals surface area contributed by atoms with E-state index in [9.17, 15) is 4.79 Å². The Labute approximate surface area is 128 Å². The Morgan fingerprint density at radius 3 is 2.40 bits per heavy atom. The highest BCUT2D eigenvalue weighted by Crippen LogP contribution is 2.34. The van der Waals surface area contributed by atoms with Crippen LogP contribution in [0, 0.1) is 11.3 Å². The number of ether oxygens (including phenoxy) is 1. The summed E-state index contributed by atoms with van der Waals surface area (Å²) in [5.41, 5.74) is 6.59. The molecule has 0 aromatic carbocycles. The number of nitrogens with zero attached hydrogens (tertiary/aromatic N) is 1. The first kappa shape index (κ1) is 17.7. The van der Waals surface area contributed by atoms with Crippen LogP contribution in [0.15, 0.2) is 0 Å². The largest absolute Gasteiger partial charge is 0.381 e. The maximum absolute atomic E-state index is 12.5. The molecule has 0 aliphatic carbocycles. The van der Waals surface area contributed by atoms with Gasteiger partial charge in [-0.15, -0.1) is 12.4 Å². The number of halogens is 1. The number of hydrogen-bond acceptors (Lipinski definition) is 3. The van der Waals surface area contributed by atoms with Crippen molar-refractivity contribution in [2.75, 3.05) is 26.3 Å². The molecule has 0 spiro atoms. The second-order valence-electron chi connectivity index (χ2n) is 6.47. The Kier molecular flexibility index (Phi) is 6.76. The molecule has 2 aliphatic heterocycles. The molecule has 2 heterocycles. The molecule has 2 fully saturated rings. The molecule has 0 aromatic heterocycles. The molecule has 1 amide bonds. The van der Waals surface area contributed by atoms with Gasteiger partial charge in [-0.3, -0.25) is 4.79 Å². The molecule has 2 saturated heterocycles. The van der Waals surface area contributed by atoms with Crippen LogP contribution in [0.25, 0.3) is 0 Å². The zero-order chi connectivity index (χ0) is 13.9. The standard InChI is InChI=1S/C15H28N2O2.ClH/c1-3-15(2)6-8-17(9-7-15)14(18)13(16)12-4-10-19-11-5-12;/h12-13H,3-11,16H2,1-2H3;1H. The first-order valence-corrected chi connectivity index (χ1v) is 7.68. The Hall–Kier alpha value is -0.320. The number of carbonyl (C=O) groups is 1. The van der Waals surface area contributed by atoms with Crippen LogP contribution in [-0.2, 0) is 9.53 Å². The summed E-state index contributed by atoms with van der Waals surface area (Å²) >= 11 is 0. The van der Waals surface area contributed by atoms with Crippen molar-refractivity contribution < 1.29 is 9.53 Å². The zero-order valence-electron chi connectivity index (χ0n) is 12.8. The Morgan fingerprint density at radius 1 is 1.35 bits per heavy atom. The van der Waals surface area contributed by atoms with Crippen molar-refractivity contribution >= 4 is 18.3 Å². The molecule has 2 rings (SSSR count). The molecule has 1 atom stereocenters. The fourth-order valence-electron chi connectivity index (χ4n) is 3.11. The fraction of sp³-hybridized carbons (Fsp3) is 0.933. The minimum Gasteiger partial charge on any atom is -0.381 e. The van der Waals surface area contributed by atoms with Crippen molar-refractivity contribution in [1.82, 2.24) is 4.90 Å². The van der Waals surface area contributed by atoms with Crippen molar-refractivity contribution in [3.8, 4) is 0 Å². The van der Waals surface area contributed by atoms with Gasteiger partial charge in [0.2, 0.25) is 5.91 Å². The van der Waals surface area contributed by atoms with Crippen LogP contribution in [0.1, 0.15) is 46.0 Å². The highest BCUT2D eigenvalue weighted by Gasteiger charge is 2.34. The molecule has 0 bridgehead atoms. The average Bonchev–Trinajstić information content (AvgIpc) is 2.47. The minimum absolute atomic E-state index is 0. The summed E-state index contributed by atoms with van der Waals surface area (Å²) in [5, 5.41) is 0. The molecule has 2 aliphatic rings. The van der Waals surface area contributed by atoms with Crippen LogP contribution in [0.5, 0.6) is 0 Å². The van der Waals surface area contributed by atoms with Crippen LogP contribution >= 0.6 is 12.4 Å². The summed E-state index contributed by atoms with van der Waals surface area (Å²) < 4.78 is 5.34. The third-order valence-electron chi connectivity index (χ3n) is 5.19. The summed E-state index contributed by atoms with van der Waals surface area (Å²) in [4.78, 5) is 14.4. The smallest absolute Gasteiger partial charge is 0.239 e. The molecule has 1 unspecified atom stereocenters. The van der Waals surface area contributed by atoms with E-state index >= 15 is 0 Å². The topological polar surface area (TPSA) is 55.6 Å². The molecule has 118 valence electrons. The highest BCUT2D eigenvalue weighted by molar-refractivity contribution is 5.85. The van der Waals surface area contributed by atoms with E-state index in [1.165, 1.54) is 6.42 Å². The van der Waals surface area contributed by atoms with Gasteiger partial charge in [0.25, 0.3) is 0 Å². The van der Waals surface area contributed by atoms with Gasteiger partial charge in [0.15, 0.2) is 0 Å². The number of rotatable bonds is 3. The monoisotopic (exact) mass is 304 g/mol. The van der Waals surface area contributed by atoms with Crippen LogP contribution in [-0.4, -0.2) is 43.2 Å². The van der Waals surface area contributed by atoms with E-state index in [0.717, 1.165) is 52.0 Å². The summed E-state index contributed by atoms with van der Waals surface area (Å²) in [7, 11) is 0. The molecule has 0 saturated carbocycles. The van der Waals surface area contributed by atoms with E-state index in [4.69, 9.17) is 10.5 Å². The van der Waals surface area contributed by atoms with Crippen LogP contribution in [0.3, 0.4) is 0 Å². The van der Waals surface area contributed by atoms with Crippen LogP contribution in [0.4, 0.5) is 0 Å². The lowest BCUT2D eigenvalue weighted by atomic mass is 9.78. The molecule has 20 heavy (non-hydrogen) atoms. The number of nitrogens with two attached hydrogens (primary N) is 1. The van der Waals surface area contributed by atoms with E-state index in [-0.39, 0.29) is 24.4 Å². The van der Waals surface area contributed by atoms with Crippen molar-refractivity contribution in [2.45, 2.75) is 52.0 Å². The molecule has 4 nitrogen and oxygen atoms in total. The molecule has 0 aromatic rings. The van der Waals surface area contributed by atoms with Gasteiger partial charge in [-0.05, 0) is 37.0 Å². The fourth-order valence-corrected chi connectivity index (χ4v) is 3.11. The number of likely N-dealkylation sites (tertiary alicyclic amines) is 1. The Bertz CT molecular complexity index is 311. The number of piperidine rings is 1. The molecular weight excluding hydrogens is 276 g/mol. The molecule has 2 N–H and O–H groups in total. The van der Waals surface area contributed by atoms with Gasteiger partial charge < -0.3 is 15.4 Å². The third-order valence-corrected chi connectivity index (χ3v) is 5.19. The van der Waals surface area contributed by atoms with Crippen molar-refractivity contribution in [1.29, 1.82) is 0 Å². The SMILES string of the molecule is CCC1(C)CCN(C(=O)C(N)C2CCOCC2)CC1.Cl. The predicted octanol–water partition coefficient (Wildman–Crippen LogP) is 2.20. The second-order valence-corrected chi connectivity index (χ2v) is 6.47. The van der Waals surface area contributed by atoms with Gasteiger partial charge in [0.05, 0.1) is 6.04 Å². The van der Waals surface area contributed by atoms with Crippen LogP contribution in [0.2, 0.25) is 0 Å². The summed E-state index contributed by atoms with van der Waals surface area (Å²) in [6, 6.07) is -0.324. The van der Waals surface area contributed by atoms with Crippen molar-refractivity contribution in [2.24, 2.45) is 17.1 Å². The average molecular weight is 305 g/mol. The van der Waals surface area contributed by atoms with Gasteiger partial charge in [-0.1, -0.05) is 20.3 Å². The van der Waals surface area contributed by atoms with Gasteiger partial charge in [-0.25, -0.2) is 0 Å². The summed E-state index contributed by atoms with van der Waals surface area (Å²) in [6.45, 7) is 7.82. The van der Waals surface area contributed by atoms with E-state index in [0.29, 0.717) is 11.3 Å². The number of carbonyl (C=O) groups excluding carboxylic acids is 1. The van der Waals surface area contributed by atoms with E-state index < -0.39 is 0 Å². The first-order valence-electron chi connectivity index (χ1n) is 7.68. The summed E-state index contributed by atoms with van der Waals surface area (Å²) in [6.07, 6.45) is 5.26. The van der Waals surface area contributed by atoms with Gasteiger partial charge in [0.1, 0.15) is 0 Å². The molecular formula is C15H29ClN2O2. The highest BCUT2D eigenvalue weighted by atomic mass is 35.5. The normalized spacial score (nSPS) is 24.9. The van der Waals surface area contributed by atoms with Crippen molar-refractivity contribution in [3.05, 3.63) is 0 Å². The number of amides is 1. The van der Waals surface area contributed by atoms with E-state index in [1.54, 1.807) is 0 Å². The maximum atomic E-state index is 12.5. The van der Waals surface area contributed by atoms with Gasteiger partial charge >= 0.3 is 0 Å². The molecule has 0 radical (unpaired) electrons. The van der Waals surface area contributed by atoms with Gasteiger partial charge in [-0.2, -0.15) is 0 Å². The zero-order valence-corrected chi connectivity index (χ0v) is 13.6. The Balaban J connectivity index is 0.00000200. The van der Waals surface area contributed by atoms with E-state index in [1.807, 2.05) is 4.90 Å². The second kappa shape index (κ2) is 7.62. The first-order chi connectivity index (χ1) is 9.06. The number of hydrogen-bond donors (Lipinski definition) is 1. The third kappa shape index (κ3) is 4.09. The maximum Gasteiger partial charge on any atom is 0.239 e. The predicted molar refractivity (Wildman–Crippen MR) is 83.0 cm³/mol. The van der Waals surface area contributed by atoms with Gasteiger partial charge in [0, 0.05) is 26.3 Å². The summed E-state index contributed by atoms with van der Waals surface area (Å²) in [5.74, 6) is 0.464. The quantitative estimate of drug-likeness (QED) is 0.869. The van der Waals surface area contributed by atoms with E-state index in [2.05, 4.69) is 13.8 Å². The Morgan fingerprint density at radius 2 is 1.90 bits per heavy atom.